The maximum atomic E-state index is 12.3. The molecule has 8 heteroatoms. The summed E-state index contributed by atoms with van der Waals surface area (Å²) >= 11 is 13.0. The minimum atomic E-state index is -0.245. The highest BCUT2D eigenvalue weighted by Gasteiger charge is 2.11. The second-order valence-corrected chi connectivity index (χ2v) is 7.09. The average molecular weight is 394 g/mol. The number of nitrogens with one attached hydrogen (secondary N) is 1. The first kappa shape index (κ1) is 17.8. The van der Waals surface area contributed by atoms with Gasteiger partial charge in [0.2, 0.25) is 5.91 Å². The number of anilines is 1. The third kappa shape index (κ3) is 4.15. The van der Waals surface area contributed by atoms with Crippen LogP contribution in [0.25, 0.3) is 10.9 Å². The number of halogens is 2. The molecule has 5 nitrogen and oxygen atoms in total. The van der Waals surface area contributed by atoms with E-state index in [0.29, 0.717) is 31.8 Å². The zero-order valence-corrected chi connectivity index (χ0v) is 15.5. The van der Waals surface area contributed by atoms with Crippen LogP contribution in [0.1, 0.15) is 0 Å². The summed E-state index contributed by atoms with van der Waals surface area (Å²) < 4.78 is 1.44. The van der Waals surface area contributed by atoms with E-state index in [-0.39, 0.29) is 17.2 Å². The van der Waals surface area contributed by atoms with Gasteiger partial charge in [-0.3, -0.25) is 14.2 Å². The number of hydrogen-bond acceptors (Lipinski definition) is 4. The van der Waals surface area contributed by atoms with Gasteiger partial charge in [0.1, 0.15) is 0 Å². The Kier molecular flexibility index (Phi) is 5.32. The molecule has 0 fully saturated rings. The molecule has 0 unspecified atom stereocenters. The number of fused-ring (bicyclic) bond motifs is 1. The molecule has 0 aliphatic carbocycles. The molecule has 0 aliphatic rings. The van der Waals surface area contributed by atoms with E-state index >= 15 is 0 Å². The molecule has 0 radical (unpaired) electrons. The summed E-state index contributed by atoms with van der Waals surface area (Å²) in [6.07, 6.45) is 0. The summed E-state index contributed by atoms with van der Waals surface area (Å²) in [5.41, 5.74) is 0.980. The van der Waals surface area contributed by atoms with Crippen molar-refractivity contribution in [3.05, 3.63) is 62.9 Å². The van der Waals surface area contributed by atoms with Crippen LogP contribution in [-0.4, -0.2) is 21.2 Å². The van der Waals surface area contributed by atoms with E-state index in [9.17, 15) is 9.59 Å². The van der Waals surface area contributed by atoms with Gasteiger partial charge in [0, 0.05) is 22.8 Å². The molecule has 25 heavy (non-hydrogen) atoms. The number of carbonyl (C=O) groups excluding carboxylic acids is 1. The highest BCUT2D eigenvalue weighted by Crippen LogP contribution is 2.23. The number of amides is 1. The van der Waals surface area contributed by atoms with Gasteiger partial charge in [-0.05, 0) is 30.3 Å². The fourth-order valence-corrected chi connectivity index (χ4v) is 3.58. The van der Waals surface area contributed by atoms with Crippen LogP contribution in [0.4, 0.5) is 5.69 Å². The van der Waals surface area contributed by atoms with E-state index in [1.807, 2.05) is 6.07 Å². The van der Waals surface area contributed by atoms with Crippen molar-refractivity contribution in [3.63, 3.8) is 0 Å². The predicted octanol–water partition coefficient (Wildman–Crippen LogP) is 3.97. The standard InChI is InChI=1S/C17H13Cl2N3O2S/c1-22-16(24)13-4-2-3-5-14(13)21-17(22)25-9-15(23)20-12-7-10(18)6-11(19)8-12/h2-8H,9H2,1H3,(H,20,23). The number of carbonyl (C=O) groups is 1. The van der Waals surface area contributed by atoms with Crippen LogP contribution in [0.15, 0.2) is 52.4 Å². The number of para-hydroxylation sites is 1. The minimum absolute atomic E-state index is 0.1000. The Morgan fingerprint density at radius 3 is 2.60 bits per heavy atom. The van der Waals surface area contributed by atoms with Crippen molar-refractivity contribution in [2.75, 3.05) is 11.1 Å². The number of thioether (sulfide) groups is 1. The SMILES string of the molecule is Cn1c(SCC(=O)Nc2cc(Cl)cc(Cl)c2)nc2ccccc2c1=O. The molecule has 3 aromatic rings. The molecular weight excluding hydrogens is 381 g/mol. The molecule has 0 aliphatic heterocycles. The van der Waals surface area contributed by atoms with Gasteiger partial charge in [0.05, 0.1) is 16.7 Å². The van der Waals surface area contributed by atoms with Gasteiger partial charge in [-0.25, -0.2) is 4.98 Å². The van der Waals surface area contributed by atoms with Gasteiger partial charge in [-0.1, -0.05) is 47.1 Å². The van der Waals surface area contributed by atoms with E-state index in [4.69, 9.17) is 23.2 Å². The molecule has 1 N–H and O–H groups in total. The molecular formula is C17H13Cl2N3O2S. The van der Waals surface area contributed by atoms with Crippen LogP contribution >= 0.6 is 35.0 Å². The monoisotopic (exact) mass is 393 g/mol. The first-order chi connectivity index (χ1) is 11.9. The number of rotatable bonds is 4. The summed E-state index contributed by atoms with van der Waals surface area (Å²) in [6.45, 7) is 0. The fraction of sp³-hybridized carbons (Fsp3) is 0.118. The lowest BCUT2D eigenvalue weighted by Crippen LogP contribution is -2.21. The number of aromatic nitrogens is 2. The molecule has 0 saturated carbocycles. The van der Waals surface area contributed by atoms with Crippen LogP contribution in [0.5, 0.6) is 0 Å². The van der Waals surface area contributed by atoms with Gasteiger partial charge in [-0.15, -0.1) is 0 Å². The highest BCUT2D eigenvalue weighted by molar-refractivity contribution is 7.99. The maximum Gasteiger partial charge on any atom is 0.261 e. The average Bonchev–Trinajstić information content (AvgIpc) is 2.56. The first-order valence-electron chi connectivity index (χ1n) is 7.28. The molecule has 1 heterocycles. The van der Waals surface area contributed by atoms with Crippen LogP contribution in [0, 0.1) is 0 Å². The fourth-order valence-electron chi connectivity index (χ4n) is 2.28. The van der Waals surface area contributed by atoms with Crippen LogP contribution in [0.2, 0.25) is 10.0 Å². The summed E-state index contributed by atoms with van der Waals surface area (Å²) in [6, 6.07) is 11.9. The molecule has 0 atom stereocenters. The molecule has 0 saturated heterocycles. The third-order valence-electron chi connectivity index (χ3n) is 3.42. The quantitative estimate of drug-likeness (QED) is 0.537. The summed E-state index contributed by atoms with van der Waals surface area (Å²) in [5.74, 6) is -0.145. The zero-order chi connectivity index (χ0) is 18.0. The van der Waals surface area contributed by atoms with E-state index in [1.54, 1.807) is 43.4 Å². The molecule has 0 bridgehead atoms. The van der Waals surface area contributed by atoms with Crippen molar-refractivity contribution in [2.24, 2.45) is 7.05 Å². The van der Waals surface area contributed by atoms with Gasteiger partial charge in [0.15, 0.2) is 5.16 Å². The van der Waals surface area contributed by atoms with Crippen LogP contribution in [-0.2, 0) is 11.8 Å². The van der Waals surface area contributed by atoms with Gasteiger partial charge in [-0.2, -0.15) is 0 Å². The lowest BCUT2D eigenvalue weighted by atomic mass is 10.2. The number of nitrogens with zero attached hydrogens (tertiary/aromatic N) is 2. The topological polar surface area (TPSA) is 64.0 Å². The number of benzene rings is 2. The second kappa shape index (κ2) is 7.47. The Labute approximate surface area is 158 Å². The normalized spacial score (nSPS) is 10.8. The van der Waals surface area contributed by atoms with E-state index < -0.39 is 0 Å². The molecule has 0 spiro atoms. The van der Waals surface area contributed by atoms with Crippen molar-refractivity contribution in [3.8, 4) is 0 Å². The predicted molar refractivity (Wildman–Crippen MR) is 103 cm³/mol. The minimum Gasteiger partial charge on any atom is -0.325 e. The molecule has 128 valence electrons. The molecule has 1 aromatic heterocycles. The zero-order valence-electron chi connectivity index (χ0n) is 13.1. The maximum absolute atomic E-state index is 12.3. The van der Waals surface area contributed by atoms with Crippen molar-refractivity contribution >= 4 is 57.5 Å². The molecule has 3 rings (SSSR count). The second-order valence-electron chi connectivity index (χ2n) is 5.27. The molecule has 1 amide bonds. The Balaban J connectivity index is 1.75. The Bertz CT molecular complexity index is 1000. The lowest BCUT2D eigenvalue weighted by Gasteiger charge is -2.09. The van der Waals surface area contributed by atoms with Crippen LogP contribution in [0.3, 0.4) is 0 Å². The van der Waals surface area contributed by atoms with Crippen molar-refractivity contribution < 1.29 is 4.79 Å². The summed E-state index contributed by atoms with van der Waals surface area (Å²) in [4.78, 5) is 28.9. The van der Waals surface area contributed by atoms with Gasteiger partial charge in [0.25, 0.3) is 5.56 Å². The van der Waals surface area contributed by atoms with Gasteiger partial charge >= 0.3 is 0 Å². The van der Waals surface area contributed by atoms with E-state index in [2.05, 4.69) is 10.3 Å². The smallest absolute Gasteiger partial charge is 0.261 e. The Morgan fingerprint density at radius 1 is 1.20 bits per heavy atom. The first-order valence-corrected chi connectivity index (χ1v) is 9.03. The van der Waals surface area contributed by atoms with Crippen molar-refractivity contribution in [1.82, 2.24) is 9.55 Å². The van der Waals surface area contributed by atoms with Crippen LogP contribution < -0.4 is 10.9 Å². The number of hydrogen-bond donors (Lipinski definition) is 1. The van der Waals surface area contributed by atoms with Crippen molar-refractivity contribution in [2.45, 2.75) is 5.16 Å². The largest absolute Gasteiger partial charge is 0.325 e. The summed E-state index contributed by atoms with van der Waals surface area (Å²) in [7, 11) is 1.64. The van der Waals surface area contributed by atoms with E-state index in [0.717, 1.165) is 0 Å². The summed E-state index contributed by atoms with van der Waals surface area (Å²) in [5, 5.41) is 4.62. The molecule has 2 aromatic carbocycles. The lowest BCUT2D eigenvalue weighted by molar-refractivity contribution is -0.113. The Morgan fingerprint density at radius 2 is 1.88 bits per heavy atom. The Hall–Kier alpha value is -2.02. The highest BCUT2D eigenvalue weighted by atomic mass is 35.5. The van der Waals surface area contributed by atoms with Crippen molar-refractivity contribution in [1.29, 1.82) is 0 Å². The van der Waals surface area contributed by atoms with Gasteiger partial charge < -0.3 is 5.32 Å². The third-order valence-corrected chi connectivity index (χ3v) is 4.89. The van der Waals surface area contributed by atoms with E-state index in [1.165, 1.54) is 16.3 Å².